The highest BCUT2D eigenvalue weighted by Crippen LogP contribution is 2.38. The summed E-state index contributed by atoms with van der Waals surface area (Å²) in [6, 6.07) is 11.5. The van der Waals surface area contributed by atoms with Gasteiger partial charge in [-0.15, -0.1) is 11.3 Å². The number of ether oxygens (including phenoxy) is 2. The highest BCUT2D eigenvalue weighted by molar-refractivity contribution is 7.07. The summed E-state index contributed by atoms with van der Waals surface area (Å²) in [6.45, 7) is 3.14. The Bertz CT molecular complexity index is 1570. The number of rotatable bonds is 6. The first-order valence-corrected chi connectivity index (χ1v) is 11.9. The number of thiazole rings is 1. The van der Waals surface area contributed by atoms with Crippen molar-refractivity contribution in [3.8, 4) is 0 Å². The molecule has 0 fully saturated rings. The fraction of sp³-hybridized carbons (Fsp3) is 0.192. The van der Waals surface area contributed by atoms with Crippen LogP contribution in [0.25, 0.3) is 17.5 Å². The number of nitrogens with zero attached hydrogens (tertiary/aromatic N) is 1. The maximum atomic E-state index is 15.0. The van der Waals surface area contributed by atoms with Gasteiger partial charge in [-0.1, -0.05) is 36.4 Å². The zero-order chi connectivity index (χ0) is 26.0. The lowest BCUT2D eigenvalue weighted by atomic mass is 9.83. The van der Waals surface area contributed by atoms with Crippen LogP contribution in [0.2, 0.25) is 0 Å². The molecule has 0 unspecified atom stereocenters. The summed E-state index contributed by atoms with van der Waals surface area (Å²) in [5.41, 5.74) is 5.39. The Hall–Kier alpha value is -4.05. The minimum absolute atomic E-state index is 0.00984. The first kappa shape index (κ1) is 25.1. The molecule has 1 aliphatic rings. The molecule has 2 aromatic carbocycles. The van der Waals surface area contributed by atoms with Crippen LogP contribution >= 0.6 is 11.3 Å². The van der Waals surface area contributed by atoms with Gasteiger partial charge in [-0.3, -0.25) is 9.36 Å². The number of hydrogen-bond donors (Lipinski definition) is 1. The molecule has 10 heteroatoms. The zero-order valence-corrected chi connectivity index (χ0v) is 20.2. The Kier molecular flexibility index (Phi) is 7.16. The molecule has 186 valence electrons. The summed E-state index contributed by atoms with van der Waals surface area (Å²) in [5, 5.41) is 0. The molecule has 4 rings (SSSR count). The molecule has 0 bridgehead atoms. The minimum Gasteiger partial charge on any atom is -0.463 e. The van der Waals surface area contributed by atoms with Crippen LogP contribution < -0.4 is 20.5 Å². The van der Waals surface area contributed by atoms with Gasteiger partial charge in [-0.05, 0) is 32.1 Å². The van der Waals surface area contributed by atoms with Gasteiger partial charge in [0.15, 0.2) is 0 Å². The van der Waals surface area contributed by atoms with Crippen molar-refractivity contribution in [3.63, 3.8) is 0 Å². The predicted molar refractivity (Wildman–Crippen MR) is 131 cm³/mol. The molecule has 1 atom stereocenters. The van der Waals surface area contributed by atoms with Crippen molar-refractivity contribution < 1.29 is 27.8 Å². The van der Waals surface area contributed by atoms with Gasteiger partial charge in [0.05, 0.1) is 34.8 Å². The predicted octanol–water partition coefficient (Wildman–Crippen LogP) is 2.22. The summed E-state index contributed by atoms with van der Waals surface area (Å²) >= 11 is 0.865. The van der Waals surface area contributed by atoms with E-state index >= 15 is 4.39 Å². The zero-order valence-electron chi connectivity index (χ0n) is 19.4. The monoisotopic (exact) mass is 512 g/mol. The smallest absolute Gasteiger partial charge is 0.338 e. The second kappa shape index (κ2) is 10.3. The normalized spacial score (nSPS) is 15.6. The maximum Gasteiger partial charge on any atom is 0.338 e. The molecule has 2 N–H and O–H groups in total. The van der Waals surface area contributed by atoms with Crippen molar-refractivity contribution in [2.24, 2.45) is 5.73 Å². The van der Waals surface area contributed by atoms with Crippen molar-refractivity contribution in [3.05, 3.63) is 96.4 Å². The summed E-state index contributed by atoms with van der Waals surface area (Å²) in [5.74, 6) is -4.61. The van der Waals surface area contributed by atoms with Crippen LogP contribution in [-0.4, -0.2) is 29.7 Å². The highest BCUT2D eigenvalue weighted by Gasteiger charge is 2.41. The Morgan fingerprint density at radius 2 is 1.56 bits per heavy atom. The van der Waals surface area contributed by atoms with Crippen LogP contribution in [0.3, 0.4) is 0 Å². The van der Waals surface area contributed by atoms with E-state index in [9.17, 15) is 18.8 Å². The number of carbonyl (C=O) groups excluding carboxylic acids is 2. The number of nitrogens with two attached hydrogens (primary N) is 1. The van der Waals surface area contributed by atoms with Gasteiger partial charge in [0.25, 0.3) is 5.56 Å². The molecule has 0 saturated carbocycles. The van der Waals surface area contributed by atoms with Crippen molar-refractivity contribution in [2.75, 3.05) is 13.2 Å². The summed E-state index contributed by atoms with van der Waals surface area (Å²) in [4.78, 5) is 39.7. The standard InChI is InChI=1S/C26H22F2N2O5S/c1-3-34-25(32)20-19(15-10-6-8-12-17(15)28)21(26(33)35-4-2)24-30(22(20)29)23(31)18(36-24)13-14-9-5-7-11-16(14)27/h5-13,19H,3-4,29H2,1-2H3/b18-13-/t19-/m1/s1. The average Bonchev–Trinajstić information content (AvgIpc) is 3.16. The van der Waals surface area contributed by atoms with E-state index in [0.717, 1.165) is 15.9 Å². The molecule has 2 heterocycles. The molecule has 7 nitrogen and oxygen atoms in total. The number of benzene rings is 2. The molecule has 1 aliphatic heterocycles. The second-order valence-corrected chi connectivity index (χ2v) is 8.72. The molecule has 3 aromatic rings. The van der Waals surface area contributed by atoms with E-state index in [-0.39, 0.29) is 50.5 Å². The van der Waals surface area contributed by atoms with Crippen LogP contribution in [0.1, 0.15) is 30.9 Å². The third kappa shape index (κ3) is 4.35. The van der Waals surface area contributed by atoms with Crippen LogP contribution in [-0.2, 0) is 19.1 Å². The largest absolute Gasteiger partial charge is 0.463 e. The van der Waals surface area contributed by atoms with Crippen molar-refractivity contribution in [1.29, 1.82) is 0 Å². The maximum absolute atomic E-state index is 15.0. The number of halogens is 2. The number of carbonyl (C=O) groups is 2. The van der Waals surface area contributed by atoms with E-state index in [4.69, 9.17) is 15.2 Å². The number of aromatic nitrogens is 1. The molecular weight excluding hydrogens is 490 g/mol. The quantitative estimate of drug-likeness (QED) is 0.509. The number of esters is 2. The van der Waals surface area contributed by atoms with Crippen LogP contribution in [0, 0.1) is 11.6 Å². The van der Waals surface area contributed by atoms with Gasteiger partial charge in [-0.2, -0.15) is 0 Å². The fourth-order valence-electron chi connectivity index (χ4n) is 4.02. The molecular formula is C26H22F2N2O5S. The molecule has 1 aromatic heterocycles. The minimum atomic E-state index is -1.30. The average molecular weight is 513 g/mol. The van der Waals surface area contributed by atoms with Crippen LogP contribution in [0.4, 0.5) is 8.78 Å². The Morgan fingerprint density at radius 3 is 2.17 bits per heavy atom. The third-order valence-corrected chi connectivity index (χ3v) is 6.66. The van der Waals surface area contributed by atoms with Gasteiger partial charge in [0, 0.05) is 11.1 Å². The SMILES string of the molecule is CCOC(=O)C1=C(N)n2c(s/c(=C\c3ccccc3F)c2=O)=C(C(=O)OCC)[C@@H]1c1ccccc1F. The fourth-order valence-corrected chi connectivity index (χ4v) is 5.17. The molecule has 0 saturated heterocycles. The van der Waals surface area contributed by atoms with E-state index < -0.39 is 35.1 Å². The Balaban J connectivity index is 2.15. The molecule has 0 radical (unpaired) electrons. The lowest BCUT2D eigenvalue weighted by Crippen LogP contribution is -2.42. The lowest BCUT2D eigenvalue weighted by molar-refractivity contribution is -0.138. The van der Waals surface area contributed by atoms with Crippen LogP contribution in [0.15, 0.2) is 58.9 Å². The van der Waals surface area contributed by atoms with E-state index in [1.807, 2.05) is 0 Å². The summed E-state index contributed by atoms with van der Waals surface area (Å²) < 4.78 is 40.9. The van der Waals surface area contributed by atoms with Gasteiger partial charge in [-0.25, -0.2) is 18.4 Å². The van der Waals surface area contributed by atoms with E-state index in [1.165, 1.54) is 42.5 Å². The van der Waals surface area contributed by atoms with Crippen molar-refractivity contribution >= 4 is 40.7 Å². The van der Waals surface area contributed by atoms with E-state index in [2.05, 4.69) is 0 Å². The van der Waals surface area contributed by atoms with Crippen molar-refractivity contribution in [1.82, 2.24) is 4.57 Å². The molecule has 0 spiro atoms. The summed E-state index contributed by atoms with van der Waals surface area (Å²) in [6.07, 6.45) is 1.33. The van der Waals surface area contributed by atoms with Gasteiger partial charge < -0.3 is 15.2 Å². The van der Waals surface area contributed by atoms with E-state index in [0.29, 0.717) is 0 Å². The first-order chi connectivity index (χ1) is 17.3. The third-order valence-electron chi connectivity index (χ3n) is 5.55. The van der Waals surface area contributed by atoms with Crippen molar-refractivity contribution in [2.45, 2.75) is 19.8 Å². The lowest BCUT2D eigenvalue weighted by Gasteiger charge is -2.27. The first-order valence-electron chi connectivity index (χ1n) is 11.1. The van der Waals surface area contributed by atoms with Gasteiger partial charge in [0.2, 0.25) is 0 Å². The number of fused-ring (bicyclic) bond motifs is 1. The summed E-state index contributed by atoms with van der Waals surface area (Å²) in [7, 11) is 0. The second-order valence-electron chi connectivity index (χ2n) is 7.69. The molecule has 36 heavy (non-hydrogen) atoms. The van der Waals surface area contributed by atoms with Gasteiger partial charge >= 0.3 is 11.9 Å². The van der Waals surface area contributed by atoms with E-state index in [1.54, 1.807) is 26.0 Å². The van der Waals surface area contributed by atoms with Crippen LogP contribution in [0.5, 0.6) is 0 Å². The highest BCUT2D eigenvalue weighted by atomic mass is 32.1. The molecule has 0 amide bonds. The Morgan fingerprint density at radius 1 is 0.972 bits per heavy atom. The Labute approximate surface area is 208 Å². The number of hydrogen-bond acceptors (Lipinski definition) is 7. The molecule has 0 aliphatic carbocycles. The van der Waals surface area contributed by atoms with Gasteiger partial charge in [0.1, 0.15) is 22.1 Å². The topological polar surface area (TPSA) is 101 Å².